The Morgan fingerprint density at radius 1 is 1.35 bits per heavy atom. The highest BCUT2D eigenvalue weighted by Crippen LogP contribution is 2.36. The van der Waals surface area contributed by atoms with Crippen molar-refractivity contribution in [2.45, 2.75) is 18.9 Å². The standard InChI is InChI=1S/C16H17N3O3S/c17-11-2-1-5-19(7-11)16(20)12-8-23-15(18-12)10-3-4-13-14(6-10)22-9-21-13/h3-4,6,8,11H,1-2,5,7,9,17H2. The lowest BCUT2D eigenvalue weighted by Gasteiger charge is -2.30. The van der Waals surface area contributed by atoms with Crippen molar-refractivity contribution >= 4 is 17.2 Å². The van der Waals surface area contributed by atoms with Crippen LogP contribution in [-0.4, -0.2) is 41.7 Å². The zero-order chi connectivity index (χ0) is 15.8. The average Bonchev–Trinajstić information content (AvgIpc) is 3.22. The van der Waals surface area contributed by atoms with Crippen LogP contribution in [0.15, 0.2) is 23.6 Å². The van der Waals surface area contributed by atoms with Crippen LogP contribution < -0.4 is 15.2 Å². The Bertz CT molecular complexity index is 746. The summed E-state index contributed by atoms with van der Waals surface area (Å²) in [5.41, 5.74) is 7.36. The first-order valence-electron chi connectivity index (χ1n) is 7.61. The van der Waals surface area contributed by atoms with Gasteiger partial charge in [-0.1, -0.05) is 0 Å². The first kappa shape index (κ1) is 14.5. The van der Waals surface area contributed by atoms with E-state index in [4.69, 9.17) is 15.2 Å². The largest absolute Gasteiger partial charge is 0.454 e. The lowest BCUT2D eigenvalue weighted by molar-refractivity contribution is 0.0704. The third-order valence-corrected chi connectivity index (χ3v) is 4.98. The number of likely N-dealkylation sites (tertiary alicyclic amines) is 1. The fourth-order valence-electron chi connectivity index (χ4n) is 2.89. The third kappa shape index (κ3) is 2.77. The molecule has 2 aromatic rings. The molecule has 120 valence electrons. The molecule has 1 aromatic carbocycles. The summed E-state index contributed by atoms with van der Waals surface area (Å²) in [5, 5.41) is 2.61. The lowest BCUT2D eigenvalue weighted by atomic mass is 10.1. The minimum atomic E-state index is -0.0385. The second-order valence-electron chi connectivity index (χ2n) is 5.76. The first-order valence-corrected chi connectivity index (χ1v) is 8.49. The van der Waals surface area contributed by atoms with Gasteiger partial charge in [0.25, 0.3) is 5.91 Å². The quantitative estimate of drug-likeness (QED) is 0.912. The van der Waals surface area contributed by atoms with E-state index in [-0.39, 0.29) is 18.7 Å². The molecule has 0 saturated carbocycles. The van der Waals surface area contributed by atoms with E-state index in [1.165, 1.54) is 11.3 Å². The van der Waals surface area contributed by atoms with Crippen molar-refractivity contribution in [1.82, 2.24) is 9.88 Å². The Hall–Kier alpha value is -2.12. The number of fused-ring (bicyclic) bond motifs is 1. The van der Waals surface area contributed by atoms with Gasteiger partial charge < -0.3 is 20.1 Å². The number of carbonyl (C=O) groups is 1. The molecule has 1 aromatic heterocycles. The van der Waals surface area contributed by atoms with Crippen molar-refractivity contribution < 1.29 is 14.3 Å². The number of amides is 1. The molecule has 7 heteroatoms. The van der Waals surface area contributed by atoms with E-state index in [9.17, 15) is 4.79 Å². The summed E-state index contributed by atoms with van der Waals surface area (Å²) in [5.74, 6) is 1.42. The number of benzene rings is 1. The molecule has 6 nitrogen and oxygen atoms in total. The molecule has 4 rings (SSSR count). The summed E-state index contributed by atoms with van der Waals surface area (Å²) in [4.78, 5) is 18.8. The van der Waals surface area contributed by atoms with Gasteiger partial charge in [0.1, 0.15) is 10.7 Å². The van der Waals surface area contributed by atoms with E-state index in [2.05, 4.69) is 4.98 Å². The molecule has 2 N–H and O–H groups in total. The minimum Gasteiger partial charge on any atom is -0.454 e. The number of aromatic nitrogens is 1. The number of rotatable bonds is 2. The Kier molecular flexibility index (Phi) is 3.66. The van der Waals surface area contributed by atoms with Gasteiger partial charge in [0.2, 0.25) is 6.79 Å². The van der Waals surface area contributed by atoms with Crippen LogP contribution in [0.3, 0.4) is 0 Å². The summed E-state index contributed by atoms with van der Waals surface area (Å²) in [7, 11) is 0. The van der Waals surface area contributed by atoms with Crippen molar-refractivity contribution in [3.63, 3.8) is 0 Å². The lowest BCUT2D eigenvalue weighted by Crippen LogP contribution is -2.45. The minimum absolute atomic E-state index is 0.0385. The molecular formula is C16H17N3O3S. The van der Waals surface area contributed by atoms with Gasteiger partial charge in [0.15, 0.2) is 11.5 Å². The summed E-state index contributed by atoms with van der Waals surface area (Å²) < 4.78 is 10.7. The Morgan fingerprint density at radius 2 is 2.22 bits per heavy atom. The molecule has 1 atom stereocenters. The third-order valence-electron chi connectivity index (χ3n) is 4.09. The number of carbonyl (C=O) groups excluding carboxylic acids is 1. The van der Waals surface area contributed by atoms with Gasteiger partial charge in [0.05, 0.1) is 0 Å². The van der Waals surface area contributed by atoms with E-state index in [0.29, 0.717) is 18.0 Å². The number of nitrogens with two attached hydrogens (primary N) is 1. The van der Waals surface area contributed by atoms with E-state index in [0.717, 1.165) is 35.7 Å². The molecule has 0 radical (unpaired) electrons. The molecule has 23 heavy (non-hydrogen) atoms. The van der Waals surface area contributed by atoms with Crippen LogP contribution in [0.5, 0.6) is 11.5 Å². The molecule has 1 amide bonds. The maximum absolute atomic E-state index is 12.5. The van der Waals surface area contributed by atoms with Crippen molar-refractivity contribution in [3.8, 4) is 22.1 Å². The van der Waals surface area contributed by atoms with Crippen molar-refractivity contribution in [3.05, 3.63) is 29.3 Å². The normalized spacial score (nSPS) is 19.9. The van der Waals surface area contributed by atoms with Crippen molar-refractivity contribution in [1.29, 1.82) is 0 Å². The number of piperidine rings is 1. The van der Waals surface area contributed by atoms with E-state index < -0.39 is 0 Å². The Labute approximate surface area is 137 Å². The van der Waals surface area contributed by atoms with Gasteiger partial charge in [-0.15, -0.1) is 11.3 Å². The highest BCUT2D eigenvalue weighted by molar-refractivity contribution is 7.13. The first-order chi connectivity index (χ1) is 11.2. The Balaban J connectivity index is 1.55. The molecule has 1 unspecified atom stereocenters. The van der Waals surface area contributed by atoms with E-state index in [1.807, 2.05) is 23.6 Å². The number of nitrogens with zero attached hydrogens (tertiary/aromatic N) is 2. The second-order valence-corrected chi connectivity index (χ2v) is 6.62. The monoisotopic (exact) mass is 331 g/mol. The molecule has 3 heterocycles. The summed E-state index contributed by atoms with van der Waals surface area (Å²) in [6.45, 7) is 1.61. The molecule has 0 bridgehead atoms. The van der Waals surface area contributed by atoms with Gasteiger partial charge >= 0.3 is 0 Å². The molecule has 1 saturated heterocycles. The maximum atomic E-state index is 12.5. The fraction of sp³-hybridized carbons (Fsp3) is 0.375. The van der Waals surface area contributed by atoms with Crippen LogP contribution in [0.4, 0.5) is 0 Å². The van der Waals surface area contributed by atoms with Gasteiger partial charge in [0, 0.05) is 30.1 Å². The number of hydrogen-bond donors (Lipinski definition) is 1. The van der Waals surface area contributed by atoms with Crippen LogP contribution >= 0.6 is 11.3 Å². The van der Waals surface area contributed by atoms with Gasteiger partial charge in [-0.2, -0.15) is 0 Å². The summed E-state index contributed by atoms with van der Waals surface area (Å²) in [6, 6.07) is 5.76. The molecular weight excluding hydrogens is 314 g/mol. The van der Waals surface area contributed by atoms with Crippen LogP contribution in [0.2, 0.25) is 0 Å². The number of hydrogen-bond acceptors (Lipinski definition) is 6. The Morgan fingerprint density at radius 3 is 3.09 bits per heavy atom. The van der Waals surface area contributed by atoms with Crippen molar-refractivity contribution in [2.75, 3.05) is 19.9 Å². The van der Waals surface area contributed by atoms with E-state index >= 15 is 0 Å². The highest BCUT2D eigenvalue weighted by Gasteiger charge is 2.24. The van der Waals surface area contributed by atoms with Crippen LogP contribution in [0.1, 0.15) is 23.3 Å². The molecule has 0 spiro atoms. The topological polar surface area (TPSA) is 77.7 Å². The molecule has 2 aliphatic heterocycles. The highest BCUT2D eigenvalue weighted by atomic mass is 32.1. The average molecular weight is 331 g/mol. The number of thiazole rings is 1. The van der Waals surface area contributed by atoms with E-state index in [1.54, 1.807) is 4.90 Å². The predicted molar refractivity (Wildman–Crippen MR) is 86.8 cm³/mol. The SMILES string of the molecule is NC1CCCN(C(=O)c2csc(-c3ccc4c(c3)OCO4)n2)C1. The molecule has 2 aliphatic rings. The molecule has 1 fully saturated rings. The smallest absolute Gasteiger partial charge is 0.273 e. The van der Waals surface area contributed by atoms with Gasteiger partial charge in [-0.05, 0) is 31.0 Å². The fourth-order valence-corrected chi connectivity index (χ4v) is 3.68. The maximum Gasteiger partial charge on any atom is 0.273 e. The predicted octanol–water partition coefficient (Wildman–Crippen LogP) is 2.10. The summed E-state index contributed by atoms with van der Waals surface area (Å²) in [6.07, 6.45) is 1.93. The number of ether oxygens (including phenoxy) is 2. The van der Waals surface area contributed by atoms with Crippen LogP contribution in [0, 0.1) is 0 Å². The van der Waals surface area contributed by atoms with Crippen LogP contribution in [0.25, 0.3) is 10.6 Å². The van der Waals surface area contributed by atoms with Crippen LogP contribution in [-0.2, 0) is 0 Å². The van der Waals surface area contributed by atoms with Gasteiger partial charge in [-0.3, -0.25) is 4.79 Å². The summed E-state index contributed by atoms with van der Waals surface area (Å²) >= 11 is 1.45. The zero-order valence-corrected chi connectivity index (χ0v) is 13.3. The van der Waals surface area contributed by atoms with Crippen molar-refractivity contribution in [2.24, 2.45) is 5.73 Å². The van der Waals surface area contributed by atoms with Gasteiger partial charge in [-0.25, -0.2) is 4.98 Å². The molecule has 0 aliphatic carbocycles. The zero-order valence-electron chi connectivity index (χ0n) is 12.5. The second kappa shape index (κ2) is 5.82.